The molecule has 0 aliphatic rings. The fourth-order valence-corrected chi connectivity index (χ4v) is 1.77. The van der Waals surface area contributed by atoms with Crippen molar-refractivity contribution in [2.24, 2.45) is 0 Å². The van der Waals surface area contributed by atoms with E-state index >= 15 is 0 Å². The summed E-state index contributed by atoms with van der Waals surface area (Å²) in [5.74, 6) is 0.349. The second kappa shape index (κ2) is 7.29. The lowest BCUT2D eigenvalue weighted by Crippen LogP contribution is -2.26. The highest BCUT2D eigenvalue weighted by molar-refractivity contribution is 5.25. The second-order valence-electron chi connectivity index (χ2n) is 4.41. The molecule has 2 N–H and O–H groups in total. The van der Waals surface area contributed by atoms with Crippen molar-refractivity contribution < 1.29 is 5.11 Å². The van der Waals surface area contributed by atoms with Gasteiger partial charge in [-0.15, -0.1) is 0 Å². The number of aromatic hydroxyl groups is 1. The molecule has 0 aliphatic heterocycles. The number of hydrogen-bond acceptors (Lipinski definition) is 2. The van der Waals surface area contributed by atoms with Crippen molar-refractivity contribution >= 4 is 0 Å². The predicted molar refractivity (Wildman–Crippen MR) is 68.8 cm³/mol. The van der Waals surface area contributed by atoms with Crippen LogP contribution in [0.4, 0.5) is 0 Å². The molecule has 16 heavy (non-hydrogen) atoms. The van der Waals surface area contributed by atoms with Crippen LogP contribution in [0.3, 0.4) is 0 Å². The van der Waals surface area contributed by atoms with Crippen LogP contribution in [0.1, 0.15) is 38.7 Å². The largest absolute Gasteiger partial charge is 0.508 e. The van der Waals surface area contributed by atoms with Gasteiger partial charge >= 0.3 is 0 Å². The molecular weight excluding hydrogens is 198 g/mol. The fraction of sp³-hybridized carbons (Fsp3) is 0.571. The molecule has 1 rings (SSSR count). The molecule has 0 bridgehead atoms. The van der Waals surface area contributed by atoms with Crippen LogP contribution in [0.25, 0.3) is 0 Å². The minimum Gasteiger partial charge on any atom is -0.508 e. The summed E-state index contributed by atoms with van der Waals surface area (Å²) in [6.07, 6.45) is 4.70. The number of benzene rings is 1. The molecule has 0 heterocycles. The van der Waals surface area contributed by atoms with E-state index in [1.54, 1.807) is 12.1 Å². The van der Waals surface area contributed by atoms with Crippen LogP contribution in [0, 0.1) is 0 Å². The highest BCUT2D eigenvalue weighted by atomic mass is 16.3. The van der Waals surface area contributed by atoms with E-state index < -0.39 is 0 Å². The predicted octanol–water partition coefficient (Wildman–Crippen LogP) is 3.10. The van der Waals surface area contributed by atoms with Gasteiger partial charge in [0.2, 0.25) is 0 Å². The molecule has 2 nitrogen and oxygen atoms in total. The Morgan fingerprint density at radius 1 is 1.25 bits per heavy atom. The Hall–Kier alpha value is -1.02. The Bertz CT molecular complexity index is 281. The Balaban J connectivity index is 2.17. The summed E-state index contributed by atoms with van der Waals surface area (Å²) >= 11 is 0. The summed E-state index contributed by atoms with van der Waals surface area (Å²) in [4.78, 5) is 0. The summed E-state index contributed by atoms with van der Waals surface area (Å²) in [6, 6.07) is 8.12. The maximum absolute atomic E-state index is 9.16. The SMILES string of the molecule is CCCNC(C)CCCc1ccc(O)cc1. The van der Waals surface area contributed by atoms with Crippen molar-refractivity contribution in [2.75, 3.05) is 6.54 Å². The molecule has 1 atom stereocenters. The van der Waals surface area contributed by atoms with Crippen molar-refractivity contribution in [3.8, 4) is 5.75 Å². The van der Waals surface area contributed by atoms with E-state index in [-0.39, 0.29) is 0 Å². The van der Waals surface area contributed by atoms with E-state index in [0.29, 0.717) is 11.8 Å². The van der Waals surface area contributed by atoms with Gasteiger partial charge in [0.25, 0.3) is 0 Å². The summed E-state index contributed by atoms with van der Waals surface area (Å²) in [5, 5.41) is 12.6. The lowest BCUT2D eigenvalue weighted by molar-refractivity contribution is 0.474. The Morgan fingerprint density at radius 3 is 2.56 bits per heavy atom. The molecule has 0 radical (unpaired) electrons. The van der Waals surface area contributed by atoms with Crippen molar-refractivity contribution in [2.45, 2.75) is 45.6 Å². The molecule has 90 valence electrons. The van der Waals surface area contributed by atoms with Crippen LogP contribution in [-0.4, -0.2) is 17.7 Å². The van der Waals surface area contributed by atoms with Gasteiger partial charge in [0.15, 0.2) is 0 Å². The summed E-state index contributed by atoms with van der Waals surface area (Å²) in [7, 11) is 0. The number of rotatable bonds is 7. The molecule has 0 amide bonds. The smallest absolute Gasteiger partial charge is 0.115 e. The molecule has 0 aliphatic carbocycles. The number of hydrogen-bond donors (Lipinski definition) is 2. The lowest BCUT2D eigenvalue weighted by atomic mass is 10.1. The van der Waals surface area contributed by atoms with Gasteiger partial charge < -0.3 is 10.4 Å². The minimum atomic E-state index is 0.349. The van der Waals surface area contributed by atoms with Crippen LogP contribution in [0.5, 0.6) is 5.75 Å². The molecule has 0 saturated carbocycles. The number of aryl methyl sites for hydroxylation is 1. The maximum Gasteiger partial charge on any atom is 0.115 e. The Labute approximate surface area is 98.7 Å². The third-order valence-corrected chi connectivity index (χ3v) is 2.78. The van der Waals surface area contributed by atoms with Crippen molar-refractivity contribution in [1.29, 1.82) is 0 Å². The molecule has 0 saturated heterocycles. The van der Waals surface area contributed by atoms with Gasteiger partial charge in [0, 0.05) is 6.04 Å². The van der Waals surface area contributed by atoms with E-state index in [2.05, 4.69) is 19.2 Å². The Kier molecular flexibility index (Phi) is 5.94. The van der Waals surface area contributed by atoms with Gasteiger partial charge in [-0.2, -0.15) is 0 Å². The average molecular weight is 221 g/mol. The van der Waals surface area contributed by atoms with Gasteiger partial charge in [-0.25, -0.2) is 0 Å². The van der Waals surface area contributed by atoms with Crippen molar-refractivity contribution in [3.05, 3.63) is 29.8 Å². The van der Waals surface area contributed by atoms with Gasteiger partial charge in [-0.3, -0.25) is 0 Å². The second-order valence-corrected chi connectivity index (χ2v) is 4.41. The average Bonchev–Trinajstić information content (AvgIpc) is 2.29. The standard InChI is InChI=1S/C14H23NO/c1-3-11-15-12(2)5-4-6-13-7-9-14(16)10-8-13/h7-10,12,15-16H,3-6,11H2,1-2H3. The van der Waals surface area contributed by atoms with Crippen LogP contribution in [-0.2, 0) is 6.42 Å². The van der Waals surface area contributed by atoms with Gasteiger partial charge in [0.05, 0.1) is 0 Å². The molecule has 1 unspecified atom stereocenters. The first-order valence-corrected chi connectivity index (χ1v) is 6.23. The van der Waals surface area contributed by atoms with Gasteiger partial charge in [0.1, 0.15) is 5.75 Å². The third-order valence-electron chi connectivity index (χ3n) is 2.78. The van der Waals surface area contributed by atoms with E-state index in [0.717, 1.165) is 13.0 Å². The zero-order chi connectivity index (χ0) is 11.8. The van der Waals surface area contributed by atoms with E-state index in [1.807, 2.05) is 12.1 Å². The minimum absolute atomic E-state index is 0.349. The zero-order valence-corrected chi connectivity index (χ0v) is 10.4. The molecular formula is C14H23NO. The first-order chi connectivity index (χ1) is 7.72. The molecule has 0 spiro atoms. The molecule has 2 heteroatoms. The molecule has 0 aromatic heterocycles. The lowest BCUT2D eigenvalue weighted by Gasteiger charge is -2.12. The number of nitrogens with one attached hydrogen (secondary N) is 1. The third kappa shape index (κ3) is 5.17. The quantitative estimate of drug-likeness (QED) is 0.741. The van der Waals surface area contributed by atoms with Crippen LogP contribution in [0.2, 0.25) is 0 Å². The van der Waals surface area contributed by atoms with Crippen LogP contribution in [0.15, 0.2) is 24.3 Å². The Morgan fingerprint density at radius 2 is 1.94 bits per heavy atom. The topological polar surface area (TPSA) is 32.3 Å². The van der Waals surface area contributed by atoms with Gasteiger partial charge in [-0.05, 0) is 56.8 Å². The normalized spacial score (nSPS) is 12.6. The van der Waals surface area contributed by atoms with E-state index in [1.165, 1.54) is 24.8 Å². The van der Waals surface area contributed by atoms with Gasteiger partial charge in [-0.1, -0.05) is 19.1 Å². The summed E-state index contributed by atoms with van der Waals surface area (Å²) in [5.41, 5.74) is 1.31. The first-order valence-electron chi connectivity index (χ1n) is 6.23. The first kappa shape index (κ1) is 13.0. The highest BCUT2D eigenvalue weighted by Crippen LogP contribution is 2.12. The molecule has 0 fully saturated rings. The van der Waals surface area contributed by atoms with Crippen LogP contribution < -0.4 is 5.32 Å². The highest BCUT2D eigenvalue weighted by Gasteiger charge is 2.00. The summed E-state index contributed by atoms with van der Waals surface area (Å²) in [6.45, 7) is 5.54. The van der Waals surface area contributed by atoms with E-state index in [4.69, 9.17) is 5.11 Å². The monoisotopic (exact) mass is 221 g/mol. The zero-order valence-electron chi connectivity index (χ0n) is 10.4. The molecule has 1 aromatic carbocycles. The maximum atomic E-state index is 9.16. The fourth-order valence-electron chi connectivity index (χ4n) is 1.77. The number of phenolic OH excluding ortho intramolecular Hbond substituents is 1. The van der Waals surface area contributed by atoms with Crippen LogP contribution >= 0.6 is 0 Å². The van der Waals surface area contributed by atoms with Crippen molar-refractivity contribution in [3.63, 3.8) is 0 Å². The summed E-state index contributed by atoms with van der Waals surface area (Å²) < 4.78 is 0. The van der Waals surface area contributed by atoms with E-state index in [9.17, 15) is 0 Å². The van der Waals surface area contributed by atoms with Crippen molar-refractivity contribution in [1.82, 2.24) is 5.32 Å². The molecule has 1 aromatic rings. The number of phenols is 1.